The SMILES string of the molecule is Cc1cc(NC(=O)c2cccnc2SCc2ccnc3ccccc23)ccc1F. The Morgan fingerprint density at radius 1 is 1.03 bits per heavy atom. The number of anilines is 1. The fraction of sp³-hybridized carbons (Fsp3) is 0.0870. The quantitative estimate of drug-likeness (QED) is 0.439. The summed E-state index contributed by atoms with van der Waals surface area (Å²) in [5, 5.41) is 4.56. The number of pyridine rings is 2. The van der Waals surface area contributed by atoms with Crippen molar-refractivity contribution in [3.63, 3.8) is 0 Å². The van der Waals surface area contributed by atoms with E-state index in [4.69, 9.17) is 0 Å². The van der Waals surface area contributed by atoms with Crippen molar-refractivity contribution in [3.05, 3.63) is 95.6 Å². The summed E-state index contributed by atoms with van der Waals surface area (Å²) in [6, 6.07) is 17.9. The Labute approximate surface area is 172 Å². The molecule has 29 heavy (non-hydrogen) atoms. The van der Waals surface area contributed by atoms with Crippen LogP contribution in [0.25, 0.3) is 10.9 Å². The van der Waals surface area contributed by atoms with E-state index in [0.29, 0.717) is 27.6 Å². The van der Waals surface area contributed by atoms with Gasteiger partial charge in [0, 0.05) is 29.2 Å². The summed E-state index contributed by atoms with van der Waals surface area (Å²) < 4.78 is 13.5. The van der Waals surface area contributed by atoms with E-state index >= 15 is 0 Å². The molecule has 0 radical (unpaired) electrons. The zero-order valence-electron chi connectivity index (χ0n) is 15.7. The lowest BCUT2D eigenvalue weighted by molar-refractivity contribution is 0.102. The van der Waals surface area contributed by atoms with Crippen LogP contribution in [-0.2, 0) is 5.75 Å². The molecule has 0 aliphatic rings. The van der Waals surface area contributed by atoms with Crippen LogP contribution < -0.4 is 5.32 Å². The summed E-state index contributed by atoms with van der Waals surface area (Å²) in [6.45, 7) is 1.66. The molecule has 2 aromatic heterocycles. The summed E-state index contributed by atoms with van der Waals surface area (Å²) in [5.41, 5.74) is 3.59. The number of hydrogen-bond acceptors (Lipinski definition) is 4. The summed E-state index contributed by atoms with van der Waals surface area (Å²) in [4.78, 5) is 21.6. The number of nitrogens with zero attached hydrogens (tertiary/aromatic N) is 2. The minimum Gasteiger partial charge on any atom is -0.322 e. The molecule has 0 atom stereocenters. The highest BCUT2D eigenvalue weighted by molar-refractivity contribution is 7.98. The highest BCUT2D eigenvalue weighted by atomic mass is 32.2. The molecule has 0 spiro atoms. The minimum atomic E-state index is -0.301. The Kier molecular flexibility index (Phi) is 5.53. The molecular weight excluding hydrogens is 385 g/mol. The standard InChI is InChI=1S/C23H18FN3OS/c1-15-13-17(8-9-20(15)24)27-22(28)19-6-4-11-26-23(19)29-14-16-10-12-25-21-7-3-2-5-18(16)21/h2-13H,14H2,1H3,(H,27,28). The number of carbonyl (C=O) groups excluding carboxylic acids is 1. The van der Waals surface area contributed by atoms with Gasteiger partial charge in [0.2, 0.25) is 0 Å². The maximum Gasteiger partial charge on any atom is 0.258 e. The van der Waals surface area contributed by atoms with Crippen LogP contribution in [0.4, 0.5) is 10.1 Å². The van der Waals surface area contributed by atoms with Gasteiger partial charge in [-0.1, -0.05) is 18.2 Å². The summed E-state index contributed by atoms with van der Waals surface area (Å²) >= 11 is 1.50. The molecule has 0 unspecified atom stereocenters. The van der Waals surface area contributed by atoms with Crippen LogP contribution in [0.2, 0.25) is 0 Å². The molecule has 0 aliphatic carbocycles. The van der Waals surface area contributed by atoms with Gasteiger partial charge in [-0.15, -0.1) is 11.8 Å². The third-order valence-electron chi connectivity index (χ3n) is 4.54. The van der Waals surface area contributed by atoms with Crippen LogP contribution in [0, 0.1) is 12.7 Å². The number of thioether (sulfide) groups is 1. The van der Waals surface area contributed by atoms with Crippen LogP contribution in [0.5, 0.6) is 0 Å². The number of fused-ring (bicyclic) bond motifs is 1. The number of aromatic nitrogens is 2. The van der Waals surface area contributed by atoms with Crippen LogP contribution in [-0.4, -0.2) is 15.9 Å². The molecular formula is C23H18FN3OS. The van der Waals surface area contributed by atoms with Gasteiger partial charge in [0.1, 0.15) is 10.8 Å². The van der Waals surface area contributed by atoms with Crippen molar-refractivity contribution in [1.29, 1.82) is 0 Å². The molecule has 2 heterocycles. The van der Waals surface area contributed by atoms with Crippen LogP contribution in [0.3, 0.4) is 0 Å². The zero-order valence-corrected chi connectivity index (χ0v) is 16.5. The predicted molar refractivity (Wildman–Crippen MR) is 115 cm³/mol. The van der Waals surface area contributed by atoms with Crippen molar-refractivity contribution >= 4 is 34.3 Å². The van der Waals surface area contributed by atoms with Gasteiger partial charge in [-0.05, 0) is 60.5 Å². The third-order valence-corrected chi connectivity index (χ3v) is 5.59. The van der Waals surface area contributed by atoms with Crippen LogP contribution >= 0.6 is 11.8 Å². The normalized spacial score (nSPS) is 10.8. The van der Waals surface area contributed by atoms with Crippen molar-refractivity contribution in [2.45, 2.75) is 17.7 Å². The zero-order chi connectivity index (χ0) is 20.2. The molecule has 0 bridgehead atoms. The maximum absolute atomic E-state index is 13.5. The summed E-state index contributed by atoms with van der Waals surface area (Å²) in [7, 11) is 0. The van der Waals surface area contributed by atoms with Gasteiger partial charge >= 0.3 is 0 Å². The second-order valence-electron chi connectivity index (χ2n) is 6.55. The van der Waals surface area contributed by atoms with Gasteiger partial charge in [0.25, 0.3) is 5.91 Å². The fourth-order valence-corrected chi connectivity index (χ4v) is 4.02. The Bertz CT molecular complexity index is 1190. The second kappa shape index (κ2) is 8.41. The topological polar surface area (TPSA) is 54.9 Å². The first-order chi connectivity index (χ1) is 14.1. The Morgan fingerprint density at radius 2 is 1.90 bits per heavy atom. The Hall–Kier alpha value is -3.25. The molecule has 6 heteroatoms. The molecule has 1 amide bonds. The van der Waals surface area contributed by atoms with E-state index in [1.807, 2.05) is 30.3 Å². The predicted octanol–water partition coefficient (Wildman–Crippen LogP) is 5.62. The van der Waals surface area contributed by atoms with Gasteiger partial charge in [-0.2, -0.15) is 0 Å². The van der Waals surface area contributed by atoms with Crippen LogP contribution in [0.15, 0.2) is 78.1 Å². The number of nitrogens with one attached hydrogen (secondary N) is 1. The van der Waals surface area contributed by atoms with Crippen molar-refractivity contribution < 1.29 is 9.18 Å². The summed E-state index contributed by atoms with van der Waals surface area (Å²) in [5.74, 6) is 0.0899. The Morgan fingerprint density at radius 3 is 2.76 bits per heavy atom. The highest BCUT2D eigenvalue weighted by Gasteiger charge is 2.14. The van der Waals surface area contributed by atoms with Crippen molar-refractivity contribution in [3.8, 4) is 0 Å². The number of benzene rings is 2. The first kappa shape index (κ1) is 19.1. The Balaban J connectivity index is 1.55. The molecule has 0 fully saturated rings. The van der Waals surface area contributed by atoms with Gasteiger partial charge in [0.05, 0.1) is 11.1 Å². The van der Waals surface area contributed by atoms with Gasteiger partial charge < -0.3 is 5.32 Å². The van der Waals surface area contributed by atoms with Crippen molar-refractivity contribution in [2.75, 3.05) is 5.32 Å². The number of aryl methyl sites for hydroxylation is 1. The number of amides is 1. The number of rotatable bonds is 5. The monoisotopic (exact) mass is 403 g/mol. The molecule has 0 saturated carbocycles. The van der Waals surface area contributed by atoms with Gasteiger partial charge in [0.15, 0.2) is 0 Å². The van der Waals surface area contributed by atoms with E-state index in [0.717, 1.165) is 16.5 Å². The average molecular weight is 403 g/mol. The second-order valence-corrected chi connectivity index (χ2v) is 7.51. The molecule has 0 aliphatic heterocycles. The first-order valence-corrected chi connectivity index (χ1v) is 10.1. The number of carbonyl (C=O) groups is 1. The van der Waals surface area contributed by atoms with E-state index in [1.54, 1.807) is 43.6 Å². The molecule has 144 valence electrons. The lowest BCUT2D eigenvalue weighted by atomic mass is 10.1. The largest absolute Gasteiger partial charge is 0.322 e. The first-order valence-electron chi connectivity index (χ1n) is 9.10. The lowest BCUT2D eigenvalue weighted by Crippen LogP contribution is -2.13. The molecule has 0 saturated heterocycles. The van der Waals surface area contributed by atoms with E-state index in [9.17, 15) is 9.18 Å². The minimum absolute atomic E-state index is 0.272. The van der Waals surface area contributed by atoms with E-state index in [2.05, 4.69) is 15.3 Å². The smallest absolute Gasteiger partial charge is 0.258 e. The summed E-state index contributed by atoms with van der Waals surface area (Å²) in [6.07, 6.45) is 3.47. The molecule has 4 rings (SSSR count). The number of hydrogen-bond donors (Lipinski definition) is 1. The highest BCUT2D eigenvalue weighted by Crippen LogP contribution is 2.28. The van der Waals surface area contributed by atoms with Crippen LogP contribution in [0.1, 0.15) is 21.5 Å². The van der Waals surface area contributed by atoms with E-state index < -0.39 is 0 Å². The molecule has 1 N–H and O–H groups in total. The third kappa shape index (κ3) is 4.27. The van der Waals surface area contributed by atoms with Crippen molar-refractivity contribution in [2.24, 2.45) is 0 Å². The number of halogens is 1. The maximum atomic E-state index is 13.5. The van der Waals surface area contributed by atoms with Crippen molar-refractivity contribution in [1.82, 2.24) is 9.97 Å². The molecule has 4 aromatic rings. The average Bonchev–Trinajstić information content (AvgIpc) is 2.75. The number of para-hydroxylation sites is 1. The fourth-order valence-electron chi connectivity index (χ4n) is 3.03. The van der Waals surface area contributed by atoms with Gasteiger partial charge in [-0.25, -0.2) is 9.37 Å². The van der Waals surface area contributed by atoms with Gasteiger partial charge in [-0.3, -0.25) is 9.78 Å². The molecule has 4 nitrogen and oxygen atoms in total. The molecule has 2 aromatic carbocycles. The van der Waals surface area contributed by atoms with E-state index in [1.165, 1.54) is 17.8 Å². The van der Waals surface area contributed by atoms with E-state index in [-0.39, 0.29) is 11.7 Å². The lowest BCUT2D eigenvalue weighted by Gasteiger charge is -2.10.